The van der Waals surface area contributed by atoms with Crippen molar-refractivity contribution < 1.29 is 4.79 Å². The topological polar surface area (TPSA) is 73.7 Å². The Hall–Kier alpha value is -3.61. The zero-order valence-electron chi connectivity index (χ0n) is 15.9. The summed E-state index contributed by atoms with van der Waals surface area (Å²) in [4.78, 5) is 36.9. The van der Waals surface area contributed by atoms with E-state index in [-0.39, 0.29) is 11.5 Å². The molecule has 0 radical (unpaired) electrons. The summed E-state index contributed by atoms with van der Waals surface area (Å²) in [6.07, 6.45) is 4.03. The summed E-state index contributed by atoms with van der Waals surface area (Å²) < 4.78 is 1.53. The van der Waals surface area contributed by atoms with Crippen molar-refractivity contribution in [2.75, 3.05) is 31.1 Å². The number of rotatable bonds is 3. The van der Waals surface area contributed by atoms with E-state index in [1.165, 1.54) is 4.40 Å². The highest BCUT2D eigenvalue weighted by atomic mass is 16.2. The predicted octanol–water partition coefficient (Wildman–Crippen LogP) is 2.07. The molecular weight excluding hydrogens is 366 g/mol. The van der Waals surface area contributed by atoms with Gasteiger partial charge in [0.1, 0.15) is 11.5 Å². The number of anilines is 1. The first-order chi connectivity index (χ1) is 14.2. The fourth-order valence-electron chi connectivity index (χ4n) is 3.94. The number of piperazine rings is 1. The van der Waals surface area contributed by atoms with Gasteiger partial charge in [-0.05, 0) is 23.8 Å². The van der Waals surface area contributed by atoms with E-state index in [2.05, 4.69) is 14.9 Å². The minimum Gasteiger partial charge on any atom is -0.361 e. The van der Waals surface area contributed by atoms with E-state index in [4.69, 9.17) is 0 Å². The van der Waals surface area contributed by atoms with Gasteiger partial charge in [-0.15, -0.1) is 0 Å². The molecule has 0 saturated carbocycles. The molecule has 4 heterocycles. The number of H-pyrrole nitrogens is 1. The van der Waals surface area contributed by atoms with Crippen LogP contribution in [0.25, 0.3) is 16.6 Å². The van der Waals surface area contributed by atoms with E-state index in [9.17, 15) is 9.59 Å². The Morgan fingerprint density at radius 1 is 1.03 bits per heavy atom. The number of hydrogen-bond acceptors (Lipinski definition) is 4. The van der Waals surface area contributed by atoms with Crippen LogP contribution in [-0.2, 0) is 11.2 Å². The molecule has 5 rings (SSSR count). The third-order valence-electron chi connectivity index (χ3n) is 5.53. The van der Waals surface area contributed by atoms with Crippen molar-refractivity contribution in [3.8, 4) is 0 Å². The Bertz CT molecular complexity index is 1250. The molecule has 1 amide bonds. The lowest BCUT2D eigenvalue weighted by Crippen LogP contribution is -2.49. The summed E-state index contributed by atoms with van der Waals surface area (Å²) in [5.74, 6) is 0.797. The van der Waals surface area contributed by atoms with Crippen LogP contribution in [0.15, 0.2) is 65.7 Å². The summed E-state index contributed by atoms with van der Waals surface area (Å²) in [6, 6.07) is 15.1. The van der Waals surface area contributed by atoms with Crippen LogP contribution >= 0.6 is 0 Å². The number of aromatic amines is 1. The van der Waals surface area contributed by atoms with Crippen LogP contribution in [0.1, 0.15) is 5.56 Å². The maximum absolute atomic E-state index is 12.8. The quantitative estimate of drug-likeness (QED) is 0.584. The second-order valence-corrected chi connectivity index (χ2v) is 7.29. The van der Waals surface area contributed by atoms with Crippen LogP contribution in [0.5, 0.6) is 0 Å². The van der Waals surface area contributed by atoms with Crippen molar-refractivity contribution in [1.29, 1.82) is 0 Å². The first-order valence-corrected chi connectivity index (χ1v) is 9.75. The molecule has 1 saturated heterocycles. The Balaban J connectivity index is 1.28. The largest absolute Gasteiger partial charge is 0.361 e. The normalized spacial score (nSPS) is 14.6. The summed E-state index contributed by atoms with van der Waals surface area (Å²) >= 11 is 0. The molecule has 146 valence electrons. The third-order valence-corrected chi connectivity index (χ3v) is 5.53. The summed E-state index contributed by atoms with van der Waals surface area (Å²) in [7, 11) is 0. The van der Waals surface area contributed by atoms with Crippen LogP contribution in [-0.4, -0.2) is 51.4 Å². The van der Waals surface area contributed by atoms with E-state index >= 15 is 0 Å². The Morgan fingerprint density at radius 2 is 1.83 bits per heavy atom. The molecule has 0 unspecified atom stereocenters. The van der Waals surface area contributed by atoms with Crippen LogP contribution in [0.3, 0.4) is 0 Å². The van der Waals surface area contributed by atoms with Crippen molar-refractivity contribution in [2.45, 2.75) is 6.42 Å². The molecule has 3 aromatic heterocycles. The summed E-state index contributed by atoms with van der Waals surface area (Å²) in [6.45, 7) is 2.57. The van der Waals surface area contributed by atoms with E-state index in [0.29, 0.717) is 44.1 Å². The van der Waals surface area contributed by atoms with Crippen LogP contribution in [0, 0.1) is 0 Å². The van der Waals surface area contributed by atoms with Gasteiger partial charge in [-0.3, -0.25) is 14.0 Å². The first kappa shape index (κ1) is 17.5. The summed E-state index contributed by atoms with van der Waals surface area (Å²) in [5, 5.41) is 1.10. The fourth-order valence-corrected chi connectivity index (χ4v) is 3.94. The number of hydrogen-bond donors (Lipinski definition) is 1. The minimum absolute atomic E-state index is 0.0940. The number of carbonyl (C=O) groups is 1. The van der Waals surface area contributed by atoms with Crippen LogP contribution in [0.2, 0.25) is 0 Å². The van der Waals surface area contributed by atoms with Gasteiger partial charge in [0.25, 0.3) is 5.56 Å². The standard InChI is InChI=1S/C22H21N5O2/c28-21(13-16-15-23-18-6-2-1-5-17(16)18)26-11-9-25(10-12-26)20-14-22(29)27-8-4-3-7-19(27)24-20/h1-8,14-15,23H,9-13H2. The minimum atomic E-state index is -0.0940. The van der Waals surface area contributed by atoms with Crippen molar-refractivity contribution in [2.24, 2.45) is 0 Å². The Morgan fingerprint density at radius 3 is 2.69 bits per heavy atom. The van der Waals surface area contributed by atoms with Crippen LogP contribution < -0.4 is 10.5 Å². The molecular formula is C22H21N5O2. The van der Waals surface area contributed by atoms with Crippen molar-refractivity contribution in [3.05, 3.63) is 76.8 Å². The van der Waals surface area contributed by atoms with Gasteiger partial charge < -0.3 is 14.8 Å². The molecule has 0 atom stereocenters. The molecule has 0 bridgehead atoms. The van der Waals surface area contributed by atoms with E-state index in [1.807, 2.05) is 53.6 Å². The highest BCUT2D eigenvalue weighted by Gasteiger charge is 2.23. The highest BCUT2D eigenvalue weighted by Crippen LogP contribution is 2.19. The van der Waals surface area contributed by atoms with Gasteiger partial charge in [-0.25, -0.2) is 4.98 Å². The third kappa shape index (κ3) is 3.24. The molecule has 1 fully saturated rings. The van der Waals surface area contributed by atoms with E-state index in [1.54, 1.807) is 12.3 Å². The molecule has 1 aliphatic rings. The van der Waals surface area contributed by atoms with Gasteiger partial charge in [0.2, 0.25) is 5.91 Å². The lowest BCUT2D eigenvalue weighted by molar-refractivity contribution is -0.130. The van der Waals surface area contributed by atoms with Gasteiger partial charge in [0.05, 0.1) is 6.42 Å². The van der Waals surface area contributed by atoms with Gasteiger partial charge in [0.15, 0.2) is 0 Å². The maximum atomic E-state index is 12.8. The first-order valence-electron chi connectivity index (χ1n) is 9.75. The zero-order valence-corrected chi connectivity index (χ0v) is 15.9. The number of benzene rings is 1. The molecule has 1 aromatic carbocycles. The summed E-state index contributed by atoms with van der Waals surface area (Å²) in [5.41, 5.74) is 2.61. The van der Waals surface area contributed by atoms with Gasteiger partial charge in [0, 0.05) is 55.5 Å². The lowest BCUT2D eigenvalue weighted by Gasteiger charge is -2.35. The Labute approximate surface area is 167 Å². The number of amides is 1. The molecule has 0 spiro atoms. The number of nitrogens with zero attached hydrogens (tertiary/aromatic N) is 4. The average molecular weight is 387 g/mol. The molecule has 7 heteroatoms. The van der Waals surface area contributed by atoms with Gasteiger partial charge in [-0.2, -0.15) is 0 Å². The second-order valence-electron chi connectivity index (χ2n) is 7.29. The molecule has 4 aromatic rings. The van der Waals surface area contributed by atoms with Crippen molar-refractivity contribution >= 4 is 28.3 Å². The smallest absolute Gasteiger partial charge is 0.259 e. The lowest BCUT2D eigenvalue weighted by atomic mass is 10.1. The van der Waals surface area contributed by atoms with Gasteiger partial charge in [-0.1, -0.05) is 24.3 Å². The second kappa shape index (κ2) is 7.09. The fraction of sp³-hybridized carbons (Fsp3) is 0.227. The zero-order chi connectivity index (χ0) is 19.8. The number of para-hydroxylation sites is 1. The maximum Gasteiger partial charge on any atom is 0.259 e. The molecule has 7 nitrogen and oxygen atoms in total. The number of aromatic nitrogens is 3. The molecule has 1 N–H and O–H groups in total. The van der Waals surface area contributed by atoms with E-state index in [0.717, 1.165) is 16.5 Å². The molecule has 1 aliphatic heterocycles. The predicted molar refractivity (Wildman–Crippen MR) is 112 cm³/mol. The van der Waals surface area contributed by atoms with Crippen molar-refractivity contribution in [3.63, 3.8) is 0 Å². The molecule has 29 heavy (non-hydrogen) atoms. The van der Waals surface area contributed by atoms with E-state index < -0.39 is 0 Å². The Kier molecular flexibility index (Phi) is 4.27. The number of fused-ring (bicyclic) bond motifs is 2. The molecule has 0 aliphatic carbocycles. The SMILES string of the molecule is O=C(Cc1c[nH]c2ccccc12)N1CCN(c2cc(=O)n3ccccc3n2)CC1. The van der Waals surface area contributed by atoms with Crippen LogP contribution in [0.4, 0.5) is 5.82 Å². The highest BCUT2D eigenvalue weighted by molar-refractivity contribution is 5.89. The van der Waals surface area contributed by atoms with Crippen molar-refractivity contribution in [1.82, 2.24) is 19.3 Å². The van der Waals surface area contributed by atoms with Gasteiger partial charge >= 0.3 is 0 Å². The number of pyridine rings is 1. The monoisotopic (exact) mass is 387 g/mol. The average Bonchev–Trinajstić information content (AvgIpc) is 3.17. The number of carbonyl (C=O) groups excluding carboxylic acids is 1. The number of nitrogens with one attached hydrogen (secondary N) is 1.